The lowest BCUT2D eigenvalue weighted by molar-refractivity contribution is 0.0967. The molecule has 0 heterocycles. The highest BCUT2D eigenvalue weighted by Gasteiger charge is 2.36. The van der Waals surface area contributed by atoms with Crippen LogP contribution in [-0.4, -0.2) is 11.6 Å². The molecule has 0 aromatic heterocycles. The molecule has 0 amide bonds. The fourth-order valence-electron chi connectivity index (χ4n) is 4.22. The summed E-state index contributed by atoms with van der Waals surface area (Å²) >= 11 is 6.02. The van der Waals surface area contributed by atoms with E-state index in [1.165, 1.54) is 5.56 Å². The normalized spacial score (nSPS) is 23.2. The minimum atomic E-state index is -0.0503. The van der Waals surface area contributed by atoms with Crippen LogP contribution in [-0.2, 0) is 0 Å². The van der Waals surface area contributed by atoms with Crippen molar-refractivity contribution in [2.24, 2.45) is 5.92 Å². The van der Waals surface area contributed by atoms with Crippen LogP contribution in [0.5, 0.6) is 0 Å². The van der Waals surface area contributed by atoms with E-state index < -0.39 is 0 Å². The Kier molecular flexibility index (Phi) is 4.30. The highest BCUT2D eigenvalue weighted by atomic mass is 35.5. The van der Waals surface area contributed by atoms with Gasteiger partial charge in [-0.1, -0.05) is 60.8 Å². The Labute approximate surface area is 152 Å². The average Bonchev–Trinajstić information content (AvgIpc) is 2.65. The molecule has 0 spiro atoms. The summed E-state index contributed by atoms with van der Waals surface area (Å²) in [5, 5.41) is 0.716. The van der Waals surface area contributed by atoms with Gasteiger partial charge >= 0.3 is 0 Å². The maximum absolute atomic E-state index is 13.1. The van der Waals surface area contributed by atoms with E-state index in [-0.39, 0.29) is 23.4 Å². The van der Waals surface area contributed by atoms with E-state index >= 15 is 0 Å². The minimum Gasteiger partial charge on any atom is -0.289 e. The molecule has 2 aliphatic carbocycles. The number of ketones is 2. The van der Waals surface area contributed by atoms with Crippen molar-refractivity contribution < 1.29 is 9.59 Å². The molecule has 0 N–H and O–H groups in total. The molecule has 1 fully saturated rings. The number of carbonyl (C=O) groups excluding carboxylic acids is 2. The summed E-state index contributed by atoms with van der Waals surface area (Å²) < 4.78 is 0. The standard InChI is InChI=1S/C22H19ClO2/c23-15-11-9-14(10-12-15)16-5-1-2-6-17(16)20-13-21(24)18-7-3-4-8-19(18)22(20)25/h3-4,7-13,16-17H,1-2,5-6H2. The van der Waals surface area contributed by atoms with Gasteiger partial charge in [0, 0.05) is 21.7 Å². The first kappa shape index (κ1) is 16.3. The Morgan fingerprint density at radius 1 is 0.800 bits per heavy atom. The average molecular weight is 351 g/mol. The van der Waals surface area contributed by atoms with Crippen LogP contribution in [0.15, 0.2) is 60.2 Å². The summed E-state index contributed by atoms with van der Waals surface area (Å²) in [7, 11) is 0. The predicted molar refractivity (Wildman–Crippen MR) is 99.3 cm³/mol. The Hall–Kier alpha value is -2.19. The summed E-state index contributed by atoms with van der Waals surface area (Å²) in [5.74, 6) is 0.325. The van der Waals surface area contributed by atoms with Gasteiger partial charge in [-0.3, -0.25) is 9.59 Å². The second-order valence-electron chi connectivity index (χ2n) is 6.89. The molecule has 4 rings (SSSR count). The number of allylic oxidation sites excluding steroid dienone is 2. The second-order valence-corrected chi connectivity index (χ2v) is 7.32. The maximum atomic E-state index is 13.1. The highest BCUT2D eigenvalue weighted by Crippen LogP contribution is 2.44. The monoisotopic (exact) mass is 350 g/mol. The molecule has 0 saturated heterocycles. The van der Waals surface area contributed by atoms with E-state index in [1.807, 2.05) is 18.2 Å². The number of carbonyl (C=O) groups is 2. The predicted octanol–water partition coefficient (Wildman–Crippen LogP) is 5.62. The highest BCUT2D eigenvalue weighted by molar-refractivity contribution is 6.30. The molecule has 0 aliphatic heterocycles. The molecule has 2 aromatic carbocycles. The molecule has 126 valence electrons. The van der Waals surface area contributed by atoms with Gasteiger partial charge in [0.15, 0.2) is 11.6 Å². The van der Waals surface area contributed by atoms with E-state index in [2.05, 4.69) is 12.1 Å². The number of hydrogen-bond acceptors (Lipinski definition) is 2. The molecule has 3 heteroatoms. The molecule has 1 saturated carbocycles. The van der Waals surface area contributed by atoms with Crippen LogP contribution < -0.4 is 0 Å². The first-order valence-electron chi connectivity index (χ1n) is 8.80. The number of hydrogen-bond donors (Lipinski definition) is 0. The fourth-order valence-corrected chi connectivity index (χ4v) is 4.35. The van der Waals surface area contributed by atoms with Crippen molar-refractivity contribution in [3.05, 3.63) is 81.9 Å². The number of benzene rings is 2. The van der Waals surface area contributed by atoms with Crippen LogP contribution >= 0.6 is 11.6 Å². The van der Waals surface area contributed by atoms with Crippen molar-refractivity contribution in [3.63, 3.8) is 0 Å². The Bertz CT molecular complexity index is 864. The lowest BCUT2D eigenvalue weighted by atomic mass is 9.69. The Morgan fingerprint density at radius 2 is 1.44 bits per heavy atom. The zero-order valence-corrected chi connectivity index (χ0v) is 14.6. The largest absolute Gasteiger partial charge is 0.289 e. The summed E-state index contributed by atoms with van der Waals surface area (Å²) in [6, 6.07) is 15.0. The molecule has 0 radical (unpaired) electrons. The number of Topliss-reactive ketones (excluding diaryl/α,β-unsaturated/α-hetero) is 1. The van der Waals surface area contributed by atoms with Crippen LogP contribution in [0.2, 0.25) is 5.02 Å². The van der Waals surface area contributed by atoms with Crippen molar-refractivity contribution in [3.8, 4) is 0 Å². The summed E-state index contributed by atoms with van der Waals surface area (Å²) in [5.41, 5.74) is 2.96. The molecule has 2 aliphatic rings. The smallest absolute Gasteiger partial charge is 0.190 e. The molecule has 25 heavy (non-hydrogen) atoms. The van der Waals surface area contributed by atoms with E-state index in [1.54, 1.807) is 24.3 Å². The van der Waals surface area contributed by atoms with Crippen LogP contribution in [0, 0.1) is 5.92 Å². The molecule has 2 atom stereocenters. The van der Waals surface area contributed by atoms with Gasteiger partial charge in [0.1, 0.15) is 0 Å². The lowest BCUT2D eigenvalue weighted by Gasteiger charge is -2.34. The van der Waals surface area contributed by atoms with Gasteiger partial charge in [0.2, 0.25) is 0 Å². The fraction of sp³-hybridized carbons (Fsp3) is 0.273. The van der Waals surface area contributed by atoms with E-state index in [0.717, 1.165) is 25.7 Å². The molecule has 2 aromatic rings. The summed E-state index contributed by atoms with van der Waals surface area (Å²) in [4.78, 5) is 25.6. The van der Waals surface area contributed by atoms with Crippen molar-refractivity contribution >= 4 is 23.2 Å². The number of fused-ring (bicyclic) bond motifs is 1. The molecule has 2 nitrogen and oxygen atoms in total. The van der Waals surface area contributed by atoms with Gasteiger partial charge in [-0.2, -0.15) is 0 Å². The lowest BCUT2D eigenvalue weighted by Crippen LogP contribution is -2.28. The van der Waals surface area contributed by atoms with Crippen LogP contribution in [0.25, 0.3) is 0 Å². The molecular weight excluding hydrogens is 332 g/mol. The third-order valence-electron chi connectivity index (χ3n) is 5.45. The summed E-state index contributed by atoms with van der Waals surface area (Å²) in [6.07, 6.45) is 5.81. The summed E-state index contributed by atoms with van der Waals surface area (Å²) in [6.45, 7) is 0. The zero-order valence-electron chi connectivity index (χ0n) is 13.9. The number of rotatable bonds is 2. The van der Waals surface area contributed by atoms with E-state index in [4.69, 9.17) is 11.6 Å². The SMILES string of the molecule is O=C1C=C(C2CCCCC2c2ccc(Cl)cc2)C(=O)c2ccccc21. The van der Waals surface area contributed by atoms with E-state index in [0.29, 0.717) is 21.7 Å². The van der Waals surface area contributed by atoms with Crippen molar-refractivity contribution in [1.82, 2.24) is 0 Å². The first-order valence-corrected chi connectivity index (χ1v) is 9.18. The van der Waals surface area contributed by atoms with Crippen LogP contribution in [0.1, 0.15) is 57.9 Å². The Balaban J connectivity index is 1.73. The van der Waals surface area contributed by atoms with Crippen molar-refractivity contribution in [2.45, 2.75) is 31.6 Å². The van der Waals surface area contributed by atoms with Crippen LogP contribution in [0.4, 0.5) is 0 Å². The van der Waals surface area contributed by atoms with E-state index in [9.17, 15) is 9.59 Å². The minimum absolute atomic E-state index is 0.0149. The van der Waals surface area contributed by atoms with Crippen LogP contribution in [0.3, 0.4) is 0 Å². The van der Waals surface area contributed by atoms with Crippen molar-refractivity contribution in [2.75, 3.05) is 0 Å². The Morgan fingerprint density at radius 3 is 2.16 bits per heavy atom. The van der Waals surface area contributed by atoms with Gasteiger partial charge in [-0.05, 0) is 48.4 Å². The molecule has 2 unspecified atom stereocenters. The molecular formula is C22H19ClO2. The zero-order chi connectivity index (χ0) is 17.4. The third-order valence-corrected chi connectivity index (χ3v) is 5.70. The van der Waals surface area contributed by atoms with Gasteiger partial charge in [-0.15, -0.1) is 0 Å². The molecule has 0 bridgehead atoms. The topological polar surface area (TPSA) is 34.1 Å². The second kappa shape index (κ2) is 6.61. The van der Waals surface area contributed by atoms with Gasteiger partial charge in [-0.25, -0.2) is 0 Å². The van der Waals surface area contributed by atoms with Gasteiger partial charge in [0.05, 0.1) is 0 Å². The number of halogens is 1. The third kappa shape index (κ3) is 2.96. The van der Waals surface area contributed by atoms with Gasteiger partial charge < -0.3 is 0 Å². The van der Waals surface area contributed by atoms with Gasteiger partial charge in [0.25, 0.3) is 0 Å². The first-order chi connectivity index (χ1) is 12.1. The maximum Gasteiger partial charge on any atom is 0.190 e. The quantitative estimate of drug-likeness (QED) is 0.704. The van der Waals surface area contributed by atoms with Crippen molar-refractivity contribution in [1.29, 1.82) is 0 Å².